The molecular formula is C17H19N3O3. The number of carboxylic acid groups (broad SMARTS) is 1. The third kappa shape index (κ3) is 4.35. The second-order valence-electron chi connectivity index (χ2n) is 6.22. The number of hydrogen-bond donors (Lipinski definition) is 2. The van der Waals surface area contributed by atoms with Crippen LogP contribution in [0.3, 0.4) is 0 Å². The van der Waals surface area contributed by atoms with Crippen LogP contribution >= 0.6 is 0 Å². The van der Waals surface area contributed by atoms with Crippen molar-refractivity contribution in [2.24, 2.45) is 0 Å². The molecule has 0 fully saturated rings. The number of rotatable bonds is 4. The van der Waals surface area contributed by atoms with Gasteiger partial charge in [-0.1, -0.05) is 45.0 Å². The number of amides is 1. The van der Waals surface area contributed by atoms with Crippen LogP contribution in [0.4, 0.5) is 0 Å². The van der Waals surface area contributed by atoms with Crippen molar-refractivity contribution < 1.29 is 14.7 Å². The lowest BCUT2D eigenvalue weighted by Gasteiger charge is -2.19. The minimum absolute atomic E-state index is 0.0845. The fourth-order valence-corrected chi connectivity index (χ4v) is 1.95. The van der Waals surface area contributed by atoms with Crippen LogP contribution in [0.25, 0.3) is 0 Å². The van der Waals surface area contributed by atoms with Crippen molar-refractivity contribution in [3.63, 3.8) is 0 Å². The number of aromatic carboxylic acids is 1. The van der Waals surface area contributed by atoms with Crippen molar-refractivity contribution in [1.29, 1.82) is 0 Å². The lowest BCUT2D eigenvalue weighted by molar-refractivity contribution is 0.0689. The first kappa shape index (κ1) is 16.6. The first-order valence-electron chi connectivity index (χ1n) is 7.20. The molecule has 1 amide bonds. The van der Waals surface area contributed by atoms with Gasteiger partial charge in [-0.05, 0) is 16.5 Å². The Labute approximate surface area is 134 Å². The van der Waals surface area contributed by atoms with Crippen LogP contribution in [0.15, 0.2) is 36.7 Å². The Kier molecular flexibility index (Phi) is 4.74. The summed E-state index contributed by atoms with van der Waals surface area (Å²) in [6.07, 6.45) is 2.22. The minimum Gasteiger partial charge on any atom is -0.476 e. The van der Waals surface area contributed by atoms with Gasteiger partial charge in [-0.25, -0.2) is 14.8 Å². The summed E-state index contributed by atoms with van der Waals surface area (Å²) in [4.78, 5) is 30.1. The molecular weight excluding hydrogens is 294 g/mol. The Morgan fingerprint density at radius 2 is 1.61 bits per heavy atom. The minimum atomic E-state index is -1.18. The van der Waals surface area contributed by atoms with Crippen molar-refractivity contribution in [2.75, 3.05) is 0 Å². The monoisotopic (exact) mass is 313 g/mol. The zero-order valence-electron chi connectivity index (χ0n) is 13.3. The van der Waals surface area contributed by atoms with Crippen LogP contribution in [0.1, 0.15) is 52.9 Å². The maximum Gasteiger partial charge on any atom is 0.356 e. The average molecular weight is 313 g/mol. The van der Waals surface area contributed by atoms with E-state index in [0.29, 0.717) is 6.54 Å². The summed E-state index contributed by atoms with van der Waals surface area (Å²) in [5.41, 5.74) is 2.17. The molecule has 120 valence electrons. The third-order valence-corrected chi connectivity index (χ3v) is 3.38. The summed E-state index contributed by atoms with van der Waals surface area (Å²) in [5.74, 6) is -1.57. The molecule has 2 aromatic rings. The van der Waals surface area contributed by atoms with E-state index in [1.807, 2.05) is 24.3 Å². The van der Waals surface area contributed by atoms with E-state index in [4.69, 9.17) is 5.11 Å². The molecule has 0 bridgehead atoms. The molecule has 0 aliphatic carbocycles. The molecule has 6 heteroatoms. The number of nitrogens with zero attached hydrogens (tertiary/aromatic N) is 2. The van der Waals surface area contributed by atoms with Gasteiger partial charge < -0.3 is 10.4 Å². The van der Waals surface area contributed by atoms with Crippen LogP contribution in [0, 0.1) is 0 Å². The fraction of sp³-hybridized carbons (Fsp3) is 0.294. The molecule has 0 saturated heterocycles. The summed E-state index contributed by atoms with van der Waals surface area (Å²) in [6.45, 7) is 6.79. The maximum absolute atomic E-state index is 12.0. The molecule has 2 rings (SSSR count). The van der Waals surface area contributed by atoms with Gasteiger partial charge in [-0.15, -0.1) is 0 Å². The predicted octanol–water partition coefficient (Wildman–Crippen LogP) is 2.40. The quantitative estimate of drug-likeness (QED) is 0.904. The molecule has 0 aliphatic heterocycles. The molecule has 1 aromatic carbocycles. The van der Waals surface area contributed by atoms with Crippen LogP contribution in [-0.4, -0.2) is 27.0 Å². The van der Waals surface area contributed by atoms with E-state index in [2.05, 4.69) is 36.1 Å². The van der Waals surface area contributed by atoms with Gasteiger partial charge in [0.15, 0.2) is 5.69 Å². The average Bonchev–Trinajstić information content (AvgIpc) is 2.52. The highest BCUT2D eigenvalue weighted by molar-refractivity contribution is 5.92. The SMILES string of the molecule is CC(C)(C)c1ccc(CNC(=O)c2cnc(C(=O)O)cn2)cc1. The smallest absolute Gasteiger partial charge is 0.356 e. The van der Waals surface area contributed by atoms with Crippen LogP contribution in [0.2, 0.25) is 0 Å². The van der Waals surface area contributed by atoms with Gasteiger partial charge in [0.05, 0.1) is 12.4 Å². The number of aromatic nitrogens is 2. The molecule has 2 N–H and O–H groups in total. The summed E-state index contributed by atoms with van der Waals surface area (Å²) in [5, 5.41) is 11.5. The Hall–Kier alpha value is -2.76. The summed E-state index contributed by atoms with van der Waals surface area (Å²) < 4.78 is 0. The van der Waals surface area contributed by atoms with Gasteiger partial charge >= 0.3 is 5.97 Å². The lowest BCUT2D eigenvalue weighted by Crippen LogP contribution is -2.24. The van der Waals surface area contributed by atoms with E-state index in [1.54, 1.807) is 0 Å². The summed E-state index contributed by atoms with van der Waals surface area (Å²) >= 11 is 0. The molecule has 0 saturated carbocycles. The van der Waals surface area contributed by atoms with Gasteiger partial charge in [0.1, 0.15) is 5.69 Å². The van der Waals surface area contributed by atoms with E-state index < -0.39 is 11.9 Å². The molecule has 1 heterocycles. The fourth-order valence-electron chi connectivity index (χ4n) is 1.95. The highest BCUT2D eigenvalue weighted by Gasteiger charge is 2.13. The van der Waals surface area contributed by atoms with E-state index in [0.717, 1.165) is 18.0 Å². The number of hydrogen-bond acceptors (Lipinski definition) is 4. The van der Waals surface area contributed by atoms with Crippen molar-refractivity contribution in [3.8, 4) is 0 Å². The van der Waals surface area contributed by atoms with E-state index >= 15 is 0 Å². The number of carbonyl (C=O) groups is 2. The number of benzene rings is 1. The standard InChI is InChI=1S/C17H19N3O3/c1-17(2,3)12-6-4-11(5-7-12)8-20-15(21)13-9-19-14(10-18-13)16(22)23/h4-7,9-10H,8H2,1-3H3,(H,20,21)(H,22,23). The molecule has 0 aliphatic rings. The van der Waals surface area contributed by atoms with Gasteiger partial charge in [0.2, 0.25) is 0 Å². The zero-order chi connectivity index (χ0) is 17.0. The topological polar surface area (TPSA) is 92.2 Å². The Balaban J connectivity index is 1.97. The van der Waals surface area contributed by atoms with Crippen molar-refractivity contribution in [1.82, 2.24) is 15.3 Å². The van der Waals surface area contributed by atoms with Gasteiger partial charge in [-0.2, -0.15) is 0 Å². The van der Waals surface area contributed by atoms with Gasteiger partial charge in [-0.3, -0.25) is 4.79 Å². The highest BCUT2D eigenvalue weighted by Crippen LogP contribution is 2.22. The first-order valence-corrected chi connectivity index (χ1v) is 7.20. The van der Waals surface area contributed by atoms with E-state index in [-0.39, 0.29) is 16.8 Å². The molecule has 1 aromatic heterocycles. The Morgan fingerprint density at radius 1 is 1.04 bits per heavy atom. The number of nitrogens with one attached hydrogen (secondary N) is 1. The largest absolute Gasteiger partial charge is 0.476 e. The maximum atomic E-state index is 12.0. The van der Waals surface area contributed by atoms with Crippen LogP contribution < -0.4 is 5.32 Å². The molecule has 6 nitrogen and oxygen atoms in total. The van der Waals surface area contributed by atoms with Crippen LogP contribution in [0.5, 0.6) is 0 Å². The van der Waals surface area contributed by atoms with Crippen molar-refractivity contribution in [3.05, 3.63) is 59.2 Å². The zero-order valence-corrected chi connectivity index (χ0v) is 13.3. The van der Waals surface area contributed by atoms with Gasteiger partial charge in [0, 0.05) is 6.54 Å². The lowest BCUT2D eigenvalue weighted by atomic mass is 9.87. The molecule has 0 atom stereocenters. The van der Waals surface area contributed by atoms with Crippen LogP contribution in [-0.2, 0) is 12.0 Å². The number of carboxylic acids is 1. The van der Waals surface area contributed by atoms with Crippen molar-refractivity contribution in [2.45, 2.75) is 32.7 Å². The second-order valence-corrected chi connectivity index (χ2v) is 6.22. The summed E-state index contributed by atoms with van der Waals surface area (Å²) in [7, 11) is 0. The molecule has 0 spiro atoms. The van der Waals surface area contributed by atoms with Crippen molar-refractivity contribution >= 4 is 11.9 Å². The Morgan fingerprint density at radius 3 is 2.09 bits per heavy atom. The van der Waals surface area contributed by atoms with E-state index in [1.165, 1.54) is 5.56 Å². The molecule has 23 heavy (non-hydrogen) atoms. The highest BCUT2D eigenvalue weighted by atomic mass is 16.4. The van der Waals surface area contributed by atoms with Gasteiger partial charge in [0.25, 0.3) is 5.91 Å². The second kappa shape index (κ2) is 6.56. The van der Waals surface area contributed by atoms with E-state index in [9.17, 15) is 9.59 Å². The Bertz CT molecular complexity index is 701. The molecule has 0 unspecified atom stereocenters. The number of carbonyl (C=O) groups excluding carboxylic acids is 1. The third-order valence-electron chi connectivity index (χ3n) is 3.38. The normalized spacial score (nSPS) is 11.1. The first-order chi connectivity index (χ1) is 10.8. The summed E-state index contributed by atoms with van der Waals surface area (Å²) in [6, 6.07) is 8.03. The molecule has 0 radical (unpaired) electrons. The predicted molar refractivity (Wildman–Crippen MR) is 85.3 cm³/mol.